The largest absolute Gasteiger partial charge is 0.489 e. The standard InChI is InChI=1S/C24H25N3O3/c28-24(21-7-4-8-22(15-21)30-18-19-5-2-1-3-6-19)26-17-20-9-10-23(25-16-20)27-11-13-29-14-12-27/h1-10,15-16H,11-14,17-18H2,(H,26,28). The number of carbonyl (C=O) groups excluding carboxylic acids is 1. The van der Waals surface area contributed by atoms with E-state index in [1.54, 1.807) is 12.1 Å². The molecule has 1 N–H and O–H groups in total. The van der Waals surface area contributed by atoms with Gasteiger partial charge in [-0.15, -0.1) is 0 Å². The summed E-state index contributed by atoms with van der Waals surface area (Å²) >= 11 is 0. The molecule has 30 heavy (non-hydrogen) atoms. The molecular formula is C24H25N3O3. The predicted molar refractivity (Wildman–Crippen MR) is 116 cm³/mol. The summed E-state index contributed by atoms with van der Waals surface area (Å²) in [5.41, 5.74) is 2.61. The number of hydrogen-bond donors (Lipinski definition) is 1. The molecule has 4 rings (SSSR count). The second kappa shape index (κ2) is 9.89. The van der Waals surface area contributed by atoms with E-state index in [2.05, 4.69) is 15.2 Å². The molecule has 1 amide bonds. The van der Waals surface area contributed by atoms with Crippen LogP contribution in [-0.2, 0) is 17.9 Å². The van der Waals surface area contributed by atoms with Crippen molar-refractivity contribution in [2.24, 2.45) is 0 Å². The second-order valence-electron chi connectivity index (χ2n) is 7.11. The molecule has 0 spiro atoms. The molecule has 2 heterocycles. The van der Waals surface area contributed by atoms with Gasteiger partial charge in [0.15, 0.2) is 0 Å². The Kier molecular flexibility index (Phi) is 6.57. The van der Waals surface area contributed by atoms with Gasteiger partial charge in [-0.2, -0.15) is 0 Å². The lowest BCUT2D eigenvalue weighted by Crippen LogP contribution is -2.36. The number of hydrogen-bond acceptors (Lipinski definition) is 5. The van der Waals surface area contributed by atoms with Crippen molar-refractivity contribution >= 4 is 11.7 Å². The highest BCUT2D eigenvalue weighted by atomic mass is 16.5. The van der Waals surface area contributed by atoms with Gasteiger partial charge in [0.1, 0.15) is 18.2 Å². The summed E-state index contributed by atoms with van der Waals surface area (Å²) in [6.07, 6.45) is 1.81. The number of amides is 1. The molecule has 6 nitrogen and oxygen atoms in total. The van der Waals surface area contributed by atoms with Gasteiger partial charge >= 0.3 is 0 Å². The number of aromatic nitrogens is 1. The molecule has 154 valence electrons. The van der Waals surface area contributed by atoms with Crippen LogP contribution in [0.3, 0.4) is 0 Å². The lowest BCUT2D eigenvalue weighted by molar-refractivity contribution is 0.0950. The number of ether oxygens (including phenoxy) is 2. The van der Waals surface area contributed by atoms with E-state index < -0.39 is 0 Å². The van der Waals surface area contributed by atoms with Gasteiger partial charge < -0.3 is 19.7 Å². The van der Waals surface area contributed by atoms with Crippen LogP contribution in [0.5, 0.6) is 5.75 Å². The van der Waals surface area contributed by atoms with Crippen molar-refractivity contribution in [3.63, 3.8) is 0 Å². The topological polar surface area (TPSA) is 63.7 Å². The van der Waals surface area contributed by atoms with Gasteiger partial charge in [0.2, 0.25) is 0 Å². The minimum atomic E-state index is -0.141. The zero-order chi connectivity index (χ0) is 20.6. The minimum absolute atomic E-state index is 0.141. The van der Waals surface area contributed by atoms with E-state index in [1.165, 1.54) is 0 Å². The number of nitrogens with one attached hydrogen (secondary N) is 1. The lowest BCUT2D eigenvalue weighted by atomic mass is 10.2. The summed E-state index contributed by atoms with van der Waals surface area (Å²) in [5.74, 6) is 1.47. The SMILES string of the molecule is O=C(NCc1ccc(N2CCOCC2)nc1)c1cccc(OCc2ccccc2)c1. The molecule has 0 atom stereocenters. The summed E-state index contributed by atoms with van der Waals surface area (Å²) in [7, 11) is 0. The van der Waals surface area contributed by atoms with Crippen LogP contribution < -0.4 is 15.0 Å². The molecule has 1 aliphatic rings. The molecule has 0 aliphatic carbocycles. The Hall–Kier alpha value is -3.38. The van der Waals surface area contributed by atoms with Gasteiger partial charge in [0.25, 0.3) is 5.91 Å². The average molecular weight is 403 g/mol. The van der Waals surface area contributed by atoms with Crippen LogP contribution in [0.25, 0.3) is 0 Å². The van der Waals surface area contributed by atoms with E-state index in [1.807, 2.05) is 60.8 Å². The highest BCUT2D eigenvalue weighted by molar-refractivity contribution is 5.94. The molecule has 0 saturated carbocycles. The van der Waals surface area contributed by atoms with Gasteiger partial charge in [-0.05, 0) is 35.4 Å². The van der Waals surface area contributed by atoms with Crippen LogP contribution in [0.1, 0.15) is 21.5 Å². The summed E-state index contributed by atoms with van der Waals surface area (Å²) in [6.45, 7) is 4.05. The van der Waals surface area contributed by atoms with Gasteiger partial charge in [-0.25, -0.2) is 4.98 Å². The molecule has 1 fully saturated rings. The molecule has 6 heteroatoms. The lowest BCUT2D eigenvalue weighted by Gasteiger charge is -2.27. The Morgan fingerprint density at radius 3 is 2.60 bits per heavy atom. The molecule has 1 aliphatic heterocycles. The highest BCUT2D eigenvalue weighted by Gasteiger charge is 2.12. The van der Waals surface area contributed by atoms with E-state index in [0.717, 1.165) is 43.2 Å². The van der Waals surface area contributed by atoms with E-state index >= 15 is 0 Å². The van der Waals surface area contributed by atoms with Crippen molar-refractivity contribution in [3.05, 3.63) is 89.6 Å². The highest BCUT2D eigenvalue weighted by Crippen LogP contribution is 2.16. The summed E-state index contributed by atoms with van der Waals surface area (Å²) in [5, 5.41) is 2.95. The number of nitrogens with zero attached hydrogens (tertiary/aromatic N) is 2. The molecule has 1 aromatic heterocycles. The number of benzene rings is 2. The first-order chi connectivity index (χ1) is 14.8. The van der Waals surface area contributed by atoms with Crippen molar-refractivity contribution < 1.29 is 14.3 Å². The smallest absolute Gasteiger partial charge is 0.251 e. The first-order valence-electron chi connectivity index (χ1n) is 10.1. The predicted octanol–water partition coefficient (Wildman–Crippen LogP) is 3.43. The van der Waals surface area contributed by atoms with Gasteiger partial charge in [-0.1, -0.05) is 42.5 Å². The first-order valence-corrected chi connectivity index (χ1v) is 10.1. The first kappa shape index (κ1) is 19.9. The van der Waals surface area contributed by atoms with Crippen LogP contribution in [0.4, 0.5) is 5.82 Å². The van der Waals surface area contributed by atoms with Crippen molar-refractivity contribution in [2.75, 3.05) is 31.2 Å². The van der Waals surface area contributed by atoms with Crippen LogP contribution in [0, 0.1) is 0 Å². The Labute approximate surface area is 176 Å². The summed E-state index contributed by atoms with van der Waals surface area (Å²) in [4.78, 5) is 19.3. The number of rotatable bonds is 7. The number of pyridine rings is 1. The van der Waals surface area contributed by atoms with Crippen LogP contribution >= 0.6 is 0 Å². The number of morpholine rings is 1. The van der Waals surface area contributed by atoms with Gasteiger partial charge in [-0.3, -0.25) is 4.79 Å². The fourth-order valence-corrected chi connectivity index (χ4v) is 3.25. The van der Waals surface area contributed by atoms with Crippen molar-refractivity contribution in [3.8, 4) is 5.75 Å². The fourth-order valence-electron chi connectivity index (χ4n) is 3.25. The van der Waals surface area contributed by atoms with Gasteiger partial charge in [0.05, 0.1) is 13.2 Å². The van der Waals surface area contributed by atoms with Crippen LogP contribution in [-0.4, -0.2) is 37.2 Å². The molecular weight excluding hydrogens is 378 g/mol. The third-order valence-electron chi connectivity index (χ3n) is 4.94. The number of carbonyl (C=O) groups is 1. The second-order valence-corrected chi connectivity index (χ2v) is 7.11. The Morgan fingerprint density at radius 1 is 1.00 bits per heavy atom. The summed E-state index contributed by atoms with van der Waals surface area (Å²) < 4.78 is 11.2. The monoisotopic (exact) mass is 403 g/mol. The zero-order valence-corrected chi connectivity index (χ0v) is 16.8. The third-order valence-corrected chi connectivity index (χ3v) is 4.94. The summed E-state index contributed by atoms with van der Waals surface area (Å²) in [6, 6.07) is 21.2. The molecule has 3 aromatic rings. The fraction of sp³-hybridized carbons (Fsp3) is 0.250. The van der Waals surface area contributed by atoms with Crippen LogP contribution in [0.15, 0.2) is 72.9 Å². The van der Waals surface area contributed by atoms with E-state index in [9.17, 15) is 4.79 Å². The Morgan fingerprint density at radius 2 is 1.83 bits per heavy atom. The maximum atomic E-state index is 12.5. The van der Waals surface area contributed by atoms with Crippen LogP contribution in [0.2, 0.25) is 0 Å². The minimum Gasteiger partial charge on any atom is -0.489 e. The maximum absolute atomic E-state index is 12.5. The molecule has 0 bridgehead atoms. The van der Waals surface area contributed by atoms with Crippen molar-refractivity contribution in [2.45, 2.75) is 13.2 Å². The quantitative estimate of drug-likeness (QED) is 0.655. The van der Waals surface area contributed by atoms with Crippen molar-refractivity contribution in [1.82, 2.24) is 10.3 Å². The van der Waals surface area contributed by atoms with Gasteiger partial charge in [0, 0.05) is 31.4 Å². The molecule has 1 saturated heterocycles. The average Bonchev–Trinajstić information content (AvgIpc) is 2.83. The third kappa shape index (κ3) is 5.36. The van der Waals surface area contributed by atoms with Crippen molar-refractivity contribution in [1.29, 1.82) is 0 Å². The van der Waals surface area contributed by atoms with E-state index in [4.69, 9.17) is 9.47 Å². The van der Waals surface area contributed by atoms with E-state index in [0.29, 0.717) is 24.5 Å². The zero-order valence-electron chi connectivity index (χ0n) is 16.8. The normalized spacial score (nSPS) is 13.7. The van der Waals surface area contributed by atoms with E-state index in [-0.39, 0.29) is 5.91 Å². The Bertz CT molecular complexity index is 955. The number of anilines is 1. The molecule has 2 aromatic carbocycles. The maximum Gasteiger partial charge on any atom is 0.251 e. The molecule has 0 radical (unpaired) electrons. The molecule has 0 unspecified atom stereocenters. The Balaban J connectivity index is 1.30.